The summed E-state index contributed by atoms with van der Waals surface area (Å²) in [4.78, 5) is 5.80. The van der Waals surface area contributed by atoms with Crippen LogP contribution >= 0.6 is 11.8 Å². The molecule has 1 N–H and O–H groups in total. The molecular weight excluding hydrogens is 218 g/mol. The quantitative estimate of drug-likeness (QED) is 0.825. The molecule has 3 nitrogen and oxygen atoms in total. The number of benzene rings is 1. The van der Waals surface area contributed by atoms with E-state index in [4.69, 9.17) is 0 Å². The fourth-order valence-corrected chi connectivity index (χ4v) is 2.36. The molecule has 0 aliphatic heterocycles. The highest BCUT2D eigenvalue weighted by atomic mass is 32.2. The lowest BCUT2D eigenvalue weighted by Gasteiger charge is -2.01. The second-order valence-corrected chi connectivity index (χ2v) is 4.87. The largest absolute Gasteiger partial charge is 0.262 e. The van der Waals surface area contributed by atoms with Gasteiger partial charge in [-0.1, -0.05) is 12.1 Å². The lowest BCUT2D eigenvalue weighted by molar-refractivity contribution is 0.935. The standard InChI is InChI=1S/C12H13N3S/c1-16-10-5-3-2-4-9(10)12-13-11(14-15-12)8-6-7-8/h2-5,8H,6-7H2,1H3,(H,13,14,15). The second kappa shape index (κ2) is 3.94. The van der Waals surface area contributed by atoms with Crippen LogP contribution in [0.5, 0.6) is 0 Å². The van der Waals surface area contributed by atoms with Crippen molar-refractivity contribution < 1.29 is 0 Å². The zero-order valence-electron chi connectivity index (χ0n) is 9.10. The van der Waals surface area contributed by atoms with Crippen molar-refractivity contribution >= 4 is 11.8 Å². The summed E-state index contributed by atoms with van der Waals surface area (Å²) in [7, 11) is 0. The molecule has 3 rings (SSSR count). The van der Waals surface area contributed by atoms with Crippen molar-refractivity contribution in [2.75, 3.05) is 6.26 Å². The molecule has 0 bridgehead atoms. The first-order chi connectivity index (χ1) is 7.88. The maximum atomic E-state index is 4.57. The number of hydrogen-bond acceptors (Lipinski definition) is 3. The van der Waals surface area contributed by atoms with E-state index in [2.05, 4.69) is 33.6 Å². The number of thioether (sulfide) groups is 1. The number of rotatable bonds is 3. The number of aromatic amines is 1. The van der Waals surface area contributed by atoms with Crippen molar-refractivity contribution in [3.63, 3.8) is 0 Å². The summed E-state index contributed by atoms with van der Waals surface area (Å²) in [5, 5.41) is 7.35. The van der Waals surface area contributed by atoms with Crippen LogP contribution in [0.4, 0.5) is 0 Å². The Bertz CT molecular complexity index is 502. The highest BCUT2D eigenvalue weighted by molar-refractivity contribution is 7.98. The van der Waals surface area contributed by atoms with Gasteiger partial charge in [-0.25, -0.2) is 4.98 Å². The van der Waals surface area contributed by atoms with Crippen molar-refractivity contribution in [3.05, 3.63) is 30.1 Å². The minimum absolute atomic E-state index is 0.627. The average Bonchev–Trinajstić information content (AvgIpc) is 3.07. The van der Waals surface area contributed by atoms with Gasteiger partial charge in [0.25, 0.3) is 0 Å². The first-order valence-electron chi connectivity index (χ1n) is 5.44. The van der Waals surface area contributed by atoms with Gasteiger partial charge < -0.3 is 0 Å². The molecule has 0 unspecified atom stereocenters. The number of H-pyrrole nitrogens is 1. The molecule has 1 aromatic heterocycles. The van der Waals surface area contributed by atoms with Gasteiger partial charge in [0.05, 0.1) is 0 Å². The van der Waals surface area contributed by atoms with Crippen LogP contribution in [0.25, 0.3) is 11.4 Å². The average molecular weight is 231 g/mol. The van der Waals surface area contributed by atoms with E-state index < -0.39 is 0 Å². The molecule has 16 heavy (non-hydrogen) atoms. The Balaban J connectivity index is 2.00. The van der Waals surface area contributed by atoms with E-state index in [9.17, 15) is 0 Å². The van der Waals surface area contributed by atoms with E-state index >= 15 is 0 Å². The van der Waals surface area contributed by atoms with E-state index in [1.807, 2.05) is 12.1 Å². The molecule has 1 heterocycles. The topological polar surface area (TPSA) is 41.6 Å². The Kier molecular flexibility index (Phi) is 2.44. The summed E-state index contributed by atoms with van der Waals surface area (Å²) in [6, 6.07) is 8.25. The van der Waals surface area contributed by atoms with Gasteiger partial charge in [-0.05, 0) is 31.2 Å². The van der Waals surface area contributed by atoms with E-state index in [1.165, 1.54) is 17.7 Å². The number of nitrogens with zero attached hydrogens (tertiary/aromatic N) is 2. The Morgan fingerprint density at radius 3 is 2.88 bits per heavy atom. The van der Waals surface area contributed by atoms with Gasteiger partial charge in [-0.2, -0.15) is 5.10 Å². The summed E-state index contributed by atoms with van der Waals surface area (Å²) in [5.74, 6) is 2.50. The van der Waals surface area contributed by atoms with Crippen LogP contribution in [0.1, 0.15) is 24.6 Å². The monoisotopic (exact) mass is 231 g/mol. The predicted octanol–water partition coefficient (Wildman–Crippen LogP) is 3.07. The number of hydrogen-bond donors (Lipinski definition) is 1. The minimum Gasteiger partial charge on any atom is -0.262 e. The molecule has 0 radical (unpaired) electrons. The number of nitrogens with one attached hydrogen (secondary N) is 1. The van der Waals surface area contributed by atoms with E-state index in [-0.39, 0.29) is 0 Å². The van der Waals surface area contributed by atoms with Crippen LogP contribution in [0, 0.1) is 0 Å². The van der Waals surface area contributed by atoms with Crippen LogP contribution in [-0.4, -0.2) is 21.4 Å². The van der Waals surface area contributed by atoms with Gasteiger partial charge in [0.2, 0.25) is 0 Å². The smallest absolute Gasteiger partial charge is 0.182 e. The molecule has 0 atom stereocenters. The minimum atomic E-state index is 0.627. The SMILES string of the molecule is CSc1ccccc1-c1n[nH]c(C2CC2)n1. The third-order valence-corrected chi connectivity index (χ3v) is 3.61. The maximum Gasteiger partial charge on any atom is 0.182 e. The molecule has 1 aromatic carbocycles. The summed E-state index contributed by atoms with van der Waals surface area (Å²) < 4.78 is 0. The van der Waals surface area contributed by atoms with Crippen molar-refractivity contribution in [1.82, 2.24) is 15.2 Å². The maximum absolute atomic E-state index is 4.57. The van der Waals surface area contributed by atoms with Crippen LogP contribution in [0.15, 0.2) is 29.2 Å². The Hall–Kier alpha value is -1.29. The lowest BCUT2D eigenvalue weighted by atomic mass is 10.2. The fraction of sp³-hybridized carbons (Fsp3) is 0.333. The molecule has 1 aliphatic carbocycles. The molecule has 1 saturated carbocycles. The fourth-order valence-electron chi connectivity index (χ4n) is 1.76. The van der Waals surface area contributed by atoms with Crippen LogP contribution in [-0.2, 0) is 0 Å². The van der Waals surface area contributed by atoms with Crippen molar-refractivity contribution in [2.45, 2.75) is 23.7 Å². The number of aromatic nitrogens is 3. The molecule has 2 aromatic rings. The summed E-state index contributed by atoms with van der Waals surface area (Å²) in [6.45, 7) is 0. The van der Waals surface area contributed by atoms with Gasteiger partial charge in [0, 0.05) is 16.4 Å². The molecule has 0 saturated heterocycles. The molecule has 1 aliphatic rings. The second-order valence-electron chi connectivity index (χ2n) is 4.02. The predicted molar refractivity (Wildman–Crippen MR) is 65.6 cm³/mol. The van der Waals surface area contributed by atoms with Crippen molar-refractivity contribution in [3.8, 4) is 11.4 Å². The first-order valence-corrected chi connectivity index (χ1v) is 6.66. The molecule has 82 valence electrons. The summed E-state index contributed by atoms with van der Waals surface area (Å²) in [6.07, 6.45) is 4.57. The lowest BCUT2D eigenvalue weighted by Crippen LogP contribution is -1.84. The van der Waals surface area contributed by atoms with E-state index in [1.54, 1.807) is 11.8 Å². The zero-order valence-corrected chi connectivity index (χ0v) is 9.92. The molecular formula is C12H13N3S. The van der Waals surface area contributed by atoms with Gasteiger partial charge in [-0.3, -0.25) is 5.10 Å². The van der Waals surface area contributed by atoms with E-state index in [0.29, 0.717) is 5.92 Å². The molecule has 1 fully saturated rings. The highest BCUT2D eigenvalue weighted by Gasteiger charge is 2.27. The van der Waals surface area contributed by atoms with Crippen molar-refractivity contribution in [2.24, 2.45) is 0 Å². The third-order valence-electron chi connectivity index (χ3n) is 2.81. The van der Waals surface area contributed by atoms with Gasteiger partial charge in [-0.15, -0.1) is 11.8 Å². The summed E-state index contributed by atoms with van der Waals surface area (Å²) >= 11 is 1.73. The Labute approximate surface area is 98.7 Å². The van der Waals surface area contributed by atoms with Gasteiger partial charge >= 0.3 is 0 Å². The first kappa shape index (κ1) is 9.90. The Morgan fingerprint density at radius 1 is 1.31 bits per heavy atom. The van der Waals surface area contributed by atoms with Gasteiger partial charge in [0.1, 0.15) is 5.82 Å². The Morgan fingerprint density at radius 2 is 2.12 bits per heavy atom. The third kappa shape index (κ3) is 1.73. The normalized spacial score (nSPS) is 15.3. The molecule has 0 spiro atoms. The van der Waals surface area contributed by atoms with E-state index in [0.717, 1.165) is 17.2 Å². The van der Waals surface area contributed by atoms with Gasteiger partial charge in [0.15, 0.2) is 5.82 Å². The van der Waals surface area contributed by atoms with Crippen molar-refractivity contribution in [1.29, 1.82) is 0 Å². The highest BCUT2D eigenvalue weighted by Crippen LogP contribution is 2.38. The van der Waals surface area contributed by atoms with Crippen LogP contribution in [0.3, 0.4) is 0 Å². The molecule has 4 heteroatoms. The van der Waals surface area contributed by atoms with Crippen LogP contribution < -0.4 is 0 Å². The zero-order chi connectivity index (χ0) is 11.0. The van der Waals surface area contributed by atoms with Crippen LogP contribution in [0.2, 0.25) is 0 Å². The summed E-state index contributed by atoms with van der Waals surface area (Å²) in [5.41, 5.74) is 1.12. The molecule has 0 amide bonds.